The van der Waals surface area contributed by atoms with Gasteiger partial charge in [-0.3, -0.25) is 0 Å². The third kappa shape index (κ3) is 5.65. The molecule has 1 aromatic heterocycles. The van der Waals surface area contributed by atoms with Gasteiger partial charge in [0, 0.05) is 47.8 Å². The quantitative estimate of drug-likeness (QED) is 0.161. The Morgan fingerprint density at radius 3 is 1.64 bits per heavy atom. The van der Waals surface area contributed by atoms with Crippen LogP contribution in [0.15, 0.2) is 212 Å². The molecular weight excluding hydrogens is 815 g/mol. The molecule has 2 aliphatic carbocycles. The summed E-state index contributed by atoms with van der Waals surface area (Å²) in [5.74, 6) is 0. The van der Waals surface area contributed by atoms with E-state index in [9.17, 15) is 0 Å². The van der Waals surface area contributed by atoms with Crippen LogP contribution in [0.3, 0.4) is 0 Å². The van der Waals surface area contributed by atoms with E-state index >= 15 is 0 Å². The Labute approximate surface area is 390 Å². The highest BCUT2D eigenvalue weighted by Crippen LogP contribution is 2.55. The molecule has 0 unspecified atom stereocenters. The van der Waals surface area contributed by atoms with E-state index in [1.54, 1.807) is 0 Å². The highest BCUT2D eigenvalue weighted by atomic mass is 32.1. The molecule has 11 aromatic rings. The zero-order chi connectivity index (χ0) is 44.3. The molecule has 13 rings (SSSR count). The highest BCUT2D eigenvalue weighted by molar-refractivity contribution is 7.26. The van der Waals surface area contributed by atoms with Gasteiger partial charge in [-0.1, -0.05) is 204 Å². The third-order valence-electron chi connectivity index (χ3n) is 14.9. The summed E-state index contributed by atoms with van der Waals surface area (Å²) in [4.78, 5) is 2.52. The summed E-state index contributed by atoms with van der Waals surface area (Å²) in [7, 11) is 0. The largest absolute Gasteiger partial charge is 0.309 e. The van der Waals surface area contributed by atoms with Crippen LogP contribution in [0.5, 0.6) is 0 Å². The van der Waals surface area contributed by atoms with Crippen LogP contribution in [0.1, 0.15) is 49.9 Å². The zero-order valence-corrected chi connectivity index (χ0v) is 38.4. The van der Waals surface area contributed by atoms with Gasteiger partial charge in [-0.05, 0) is 114 Å². The molecule has 0 spiro atoms. The first-order chi connectivity index (χ1) is 32.3. The fourth-order valence-corrected chi connectivity index (χ4v) is 13.0. The SMILES string of the molecule is CC1(C)c2ccccc2-c2ccc(-c3ccc(N(c4ccccc4-c4cccc5c4C(C)(C)c4ccccc4-5)c4ccccc4-c4cccc5sc6c7ccccc7ccc6c45)cc3)cc21. The number of hydrogen-bond acceptors (Lipinski definition) is 2. The minimum atomic E-state index is -0.175. The third-order valence-corrected chi connectivity index (χ3v) is 16.1. The van der Waals surface area contributed by atoms with Gasteiger partial charge in [-0.25, -0.2) is 0 Å². The van der Waals surface area contributed by atoms with Gasteiger partial charge in [0.05, 0.1) is 11.4 Å². The average molecular weight is 862 g/mol. The van der Waals surface area contributed by atoms with Crippen molar-refractivity contribution in [3.05, 3.63) is 235 Å². The van der Waals surface area contributed by atoms with Crippen molar-refractivity contribution in [2.45, 2.75) is 38.5 Å². The van der Waals surface area contributed by atoms with Crippen LogP contribution in [0.4, 0.5) is 17.1 Å². The monoisotopic (exact) mass is 861 g/mol. The van der Waals surface area contributed by atoms with Crippen molar-refractivity contribution in [2.75, 3.05) is 4.90 Å². The molecule has 1 nitrogen and oxygen atoms in total. The van der Waals surface area contributed by atoms with Crippen molar-refractivity contribution in [2.24, 2.45) is 0 Å². The maximum Gasteiger partial charge on any atom is 0.0540 e. The van der Waals surface area contributed by atoms with Crippen LogP contribution >= 0.6 is 11.3 Å². The number of para-hydroxylation sites is 2. The number of hydrogen-bond donors (Lipinski definition) is 0. The normalized spacial score (nSPS) is 14.0. The smallest absolute Gasteiger partial charge is 0.0540 e. The Bertz CT molecular complexity index is 3770. The molecule has 0 bridgehead atoms. The fraction of sp³-hybridized carbons (Fsp3) is 0.0938. The molecule has 0 aliphatic heterocycles. The van der Waals surface area contributed by atoms with Crippen molar-refractivity contribution in [3.8, 4) is 55.6 Å². The topological polar surface area (TPSA) is 3.24 Å². The molecule has 0 N–H and O–H groups in total. The van der Waals surface area contributed by atoms with Crippen molar-refractivity contribution < 1.29 is 0 Å². The number of fused-ring (bicyclic) bond motifs is 11. The van der Waals surface area contributed by atoms with Gasteiger partial charge in [0.15, 0.2) is 0 Å². The van der Waals surface area contributed by atoms with Gasteiger partial charge in [0.1, 0.15) is 0 Å². The summed E-state index contributed by atoms with van der Waals surface area (Å²) in [6, 6.07) is 79.5. The number of rotatable bonds is 6. The van der Waals surface area contributed by atoms with Crippen LogP contribution in [0.25, 0.3) is 86.6 Å². The van der Waals surface area contributed by atoms with Crippen molar-refractivity contribution in [1.29, 1.82) is 0 Å². The summed E-state index contributed by atoms with van der Waals surface area (Å²) in [5.41, 5.74) is 21.4. The summed E-state index contributed by atoms with van der Waals surface area (Å²) in [6.45, 7) is 9.51. The summed E-state index contributed by atoms with van der Waals surface area (Å²) in [5, 5.41) is 5.19. The van der Waals surface area contributed by atoms with Crippen molar-refractivity contribution in [1.82, 2.24) is 0 Å². The Hall–Kier alpha value is -7.52. The summed E-state index contributed by atoms with van der Waals surface area (Å²) in [6.07, 6.45) is 0. The van der Waals surface area contributed by atoms with Crippen LogP contribution in [0.2, 0.25) is 0 Å². The van der Waals surface area contributed by atoms with E-state index < -0.39 is 0 Å². The number of nitrogens with zero attached hydrogens (tertiary/aromatic N) is 1. The van der Waals surface area contributed by atoms with Crippen LogP contribution in [-0.4, -0.2) is 0 Å². The Kier molecular flexibility index (Phi) is 8.54. The van der Waals surface area contributed by atoms with Gasteiger partial charge < -0.3 is 4.90 Å². The predicted octanol–water partition coefficient (Wildman–Crippen LogP) is 18.3. The van der Waals surface area contributed by atoms with Crippen molar-refractivity contribution >= 4 is 59.3 Å². The summed E-state index contributed by atoms with van der Waals surface area (Å²) < 4.78 is 2.64. The van der Waals surface area contributed by atoms with E-state index in [-0.39, 0.29) is 10.8 Å². The van der Waals surface area contributed by atoms with Gasteiger partial charge in [0.25, 0.3) is 0 Å². The molecule has 1 heterocycles. The van der Waals surface area contributed by atoms with E-state index in [0.29, 0.717) is 0 Å². The summed E-state index contributed by atoms with van der Waals surface area (Å²) >= 11 is 1.90. The minimum absolute atomic E-state index is 0.0661. The lowest BCUT2D eigenvalue weighted by atomic mass is 9.78. The Balaban J connectivity index is 1.02. The van der Waals surface area contributed by atoms with Gasteiger partial charge >= 0.3 is 0 Å². The first-order valence-corrected chi connectivity index (χ1v) is 24.0. The van der Waals surface area contributed by atoms with Crippen molar-refractivity contribution in [3.63, 3.8) is 0 Å². The van der Waals surface area contributed by atoms with Crippen LogP contribution in [0, 0.1) is 0 Å². The predicted molar refractivity (Wildman–Crippen MR) is 283 cm³/mol. The maximum atomic E-state index is 2.52. The molecule has 10 aromatic carbocycles. The lowest BCUT2D eigenvalue weighted by molar-refractivity contribution is 0.660. The first-order valence-electron chi connectivity index (χ1n) is 23.2. The Morgan fingerprint density at radius 1 is 0.364 bits per heavy atom. The van der Waals surface area contributed by atoms with E-state index in [0.717, 1.165) is 17.1 Å². The number of thiophene rings is 1. The van der Waals surface area contributed by atoms with Gasteiger partial charge in [-0.15, -0.1) is 11.3 Å². The second kappa shape index (κ2) is 14.5. The molecule has 2 heteroatoms. The first kappa shape index (κ1) is 38.9. The standard InChI is InChI=1S/C64H47NS/c1-63(2)54-26-11-7-19-45(54)47-37-34-42(39-56(47)63)40-31-35-43(36-32-40)65(58-29-14-10-22-49(58)52-25-15-24-51-46-20-8-12-27-55(46)64(3,4)61(51)52)57-28-13-9-21-48(57)50-23-16-30-59-60(50)53-38-33-41-17-5-6-18-44(41)62(53)66-59/h5-39H,1-4H3. The molecule has 0 radical (unpaired) electrons. The zero-order valence-electron chi connectivity index (χ0n) is 37.6. The fourth-order valence-electron chi connectivity index (χ4n) is 11.7. The molecule has 2 aliphatic rings. The maximum absolute atomic E-state index is 2.52. The van der Waals surface area contributed by atoms with E-state index in [1.807, 2.05) is 11.3 Å². The molecular formula is C64H47NS. The molecule has 0 amide bonds. The van der Waals surface area contributed by atoms with E-state index in [2.05, 4.69) is 245 Å². The highest BCUT2D eigenvalue weighted by Gasteiger charge is 2.38. The molecule has 0 atom stereocenters. The van der Waals surface area contributed by atoms with Gasteiger partial charge in [0.2, 0.25) is 0 Å². The van der Waals surface area contributed by atoms with Crippen LogP contribution in [-0.2, 0) is 10.8 Å². The lowest BCUT2D eigenvalue weighted by Crippen LogP contribution is -2.17. The molecule has 314 valence electrons. The van der Waals surface area contributed by atoms with Crippen LogP contribution < -0.4 is 4.90 Å². The second-order valence-electron chi connectivity index (χ2n) is 19.2. The average Bonchev–Trinajstić information content (AvgIpc) is 3.95. The molecule has 0 saturated heterocycles. The Morgan fingerprint density at radius 2 is 0.894 bits per heavy atom. The molecule has 0 saturated carbocycles. The van der Waals surface area contributed by atoms with Gasteiger partial charge in [-0.2, -0.15) is 0 Å². The number of benzene rings is 10. The lowest BCUT2D eigenvalue weighted by Gasteiger charge is -2.31. The van der Waals surface area contributed by atoms with E-state index in [1.165, 1.54) is 109 Å². The van der Waals surface area contributed by atoms with E-state index in [4.69, 9.17) is 0 Å². The number of anilines is 3. The second-order valence-corrected chi connectivity index (χ2v) is 20.2. The molecule has 0 fully saturated rings. The minimum Gasteiger partial charge on any atom is -0.309 e. The molecule has 66 heavy (non-hydrogen) atoms.